The molecule has 0 aliphatic carbocycles. The Bertz CT molecular complexity index is 999. The van der Waals surface area contributed by atoms with E-state index in [9.17, 15) is 4.39 Å². The second kappa shape index (κ2) is 7.36. The highest BCUT2D eigenvalue weighted by Gasteiger charge is 2.42. The molecule has 28 heavy (non-hydrogen) atoms. The zero-order valence-electron chi connectivity index (χ0n) is 16.1. The molecule has 6 heteroatoms. The molecule has 2 atom stereocenters. The SMILES string of the molecule is Cc1cc(N2C(=S)N[C@H](c3ccccn3)[C@@H]2c2cccn2C(C)C)ccc1F. The number of anilines is 1. The van der Waals surface area contributed by atoms with Crippen molar-refractivity contribution in [3.63, 3.8) is 0 Å². The van der Waals surface area contributed by atoms with Crippen molar-refractivity contribution in [2.75, 3.05) is 4.90 Å². The molecule has 3 heterocycles. The molecule has 0 unspecified atom stereocenters. The minimum Gasteiger partial charge on any atom is -0.351 e. The van der Waals surface area contributed by atoms with Crippen molar-refractivity contribution >= 4 is 23.0 Å². The van der Waals surface area contributed by atoms with Gasteiger partial charge in [0.2, 0.25) is 0 Å². The predicted molar refractivity (Wildman–Crippen MR) is 114 cm³/mol. The van der Waals surface area contributed by atoms with Crippen LogP contribution in [0.1, 0.15) is 48.9 Å². The van der Waals surface area contributed by atoms with Gasteiger partial charge in [0.25, 0.3) is 0 Å². The highest BCUT2D eigenvalue weighted by atomic mass is 32.1. The van der Waals surface area contributed by atoms with Crippen molar-refractivity contribution in [2.45, 2.75) is 38.9 Å². The van der Waals surface area contributed by atoms with Gasteiger partial charge in [0.1, 0.15) is 11.9 Å². The maximum Gasteiger partial charge on any atom is 0.174 e. The average molecular weight is 395 g/mol. The van der Waals surface area contributed by atoms with Crippen molar-refractivity contribution in [3.8, 4) is 0 Å². The first kappa shape index (κ1) is 18.6. The fourth-order valence-corrected chi connectivity index (χ4v) is 4.19. The van der Waals surface area contributed by atoms with E-state index in [4.69, 9.17) is 12.2 Å². The summed E-state index contributed by atoms with van der Waals surface area (Å²) in [6, 6.07) is 15.3. The zero-order chi connectivity index (χ0) is 19.8. The Morgan fingerprint density at radius 1 is 1.14 bits per heavy atom. The topological polar surface area (TPSA) is 33.1 Å². The molecule has 0 bridgehead atoms. The van der Waals surface area contributed by atoms with Gasteiger partial charge in [0.15, 0.2) is 5.11 Å². The third-order valence-corrected chi connectivity index (χ3v) is 5.50. The molecule has 3 aromatic rings. The van der Waals surface area contributed by atoms with Crippen molar-refractivity contribution in [2.24, 2.45) is 0 Å². The summed E-state index contributed by atoms with van der Waals surface area (Å²) < 4.78 is 16.1. The van der Waals surface area contributed by atoms with Crippen LogP contribution in [-0.2, 0) is 0 Å². The molecule has 0 spiro atoms. The molecule has 0 saturated carbocycles. The summed E-state index contributed by atoms with van der Waals surface area (Å²) in [7, 11) is 0. The van der Waals surface area contributed by atoms with Gasteiger partial charge in [0.05, 0.1) is 11.7 Å². The van der Waals surface area contributed by atoms with Crippen molar-refractivity contribution in [1.82, 2.24) is 14.9 Å². The first-order valence-electron chi connectivity index (χ1n) is 9.41. The van der Waals surface area contributed by atoms with Crippen LogP contribution in [0.25, 0.3) is 0 Å². The fraction of sp³-hybridized carbons (Fsp3) is 0.273. The molecule has 1 aliphatic rings. The van der Waals surface area contributed by atoms with Crippen LogP contribution in [0.5, 0.6) is 0 Å². The Labute approximate surface area is 170 Å². The van der Waals surface area contributed by atoms with E-state index in [1.807, 2.05) is 24.3 Å². The molecule has 4 rings (SSSR count). The van der Waals surface area contributed by atoms with Crippen LogP contribution in [0.15, 0.2) is 60.9 Å². The molecular formula is C22H23FN4S. The molecule has 1 saturated heterocycles. The fourth-order valence-electron chi connectivity index (χ4n) is 3.84. The number of hydrogen-bond acceptors (Lipinski definition) is 2. The first-order chi connectivity index (χ1) is 13.5. The lowest BCUT2D eigenvalue weighted by Crippen LogP contribution is -2.30. The lowest BCUT2D eigenvalue weighted by Gasteiger charge is -2.30. The third-order valence-electron chi connectivity index (χ3n) is 5.19. The number of nitrogens with zero attached hydrogens (tertiary/aromatic N) is 3. The summed E-state index contributed by atoms with van der Waals surface area (Å²) in [5, 5.41) is 4.06. The van der Waals surface area contributed by atoms with E-state index in [-0.39, 0.29) is 17.9 Å². The van der Waals surface area contributed by atoms with Gasteiger partial charge in [-0.1, -0.05) is 6.07 Å². The van der Waals surface area contributed by atoms with Crippen molar-refractivity contribution < 1.29 is 4.39 Å². The van der Waals surface area contributed by atoms with Gasteiger partial charge in [-0.2, -0.15) is 0 Å². The number of nitrogens with one attached hydrogen (secondary N) is 1. The van der Waals surface area contributed by atoms with Crippen LogP contribution < -0.4 is 10.2 Å². The summed E-state index contributed by atoms with van der Waals surface area (Å²) in [6.07, 6.45) is 3.88. The van der Waals surface area contributed by atoms with E-state index in [0.29, 0.717) is 16.7 Å². The van der Waals surface area contributed by atoms with Gasteiger partial charge in [-0.15, -0.1) is 0 Å². The van der Waals surface area contributed by atoms with Gasteiger partial charge in [0, 0.05) is 29.8 Å². The summed E-state index contributed by atoms with van der Waals surface area (Å²) >= 11 is 5.72. The van der Waals surface area contributed by atoms with Gasteiger partial charge in [-0.3, -0.25) is 4.98 Å². The van der Waals surface area contributed by atoms with Gasteiger partial charge in [-0.25, -0.2) is 4.39 Å². The molecular weight excluding hydrogens is 371 g/mol. The Hall–Kier alpha value is -2.73. The number of benzene rings is 1. The monoisotopic (exact) mass is 394 g/mol. The molecule has 1 fully saturated rings. The molecule has 144 valence electrons. The molecule has 1 aromatic carbocycles. The van der Waals surface area contributed by atoms with Crippen LogP contribution in [0, 0.1) is 12.7 Å². The van der Waals surface area contributed by atoms with E-state index >= 15 is 0 Å². The number of aryl methyl sites for hydroxylation is 1. The normalized spacial score (nSPS) is 19.3. The summed E-state index contributed by atoms with van der Waals surface area (Å²) in [5.41, 5.74) is 3.53. The third kappa shape index (κ3) is 3.18. The number of aromatic nitrogens is 2. The standard InChI is InChI=1S/C22H23FN4S/c1-14(2)26-12-6-8-19(26)21-20(18-7-4-5-11-24-18)25-22(28)27(21)16-9-10-17(23)15(3)13-16/h4-14,20-21H,1-3H3,(H,25,28)/t20-,21+/m1/s1. The highest BCUT2D eigenvalue weighted by Crippen LogP contribution is 2.42. The number of rotatable bonds is 4. The Morgan fingerprint density at radius 3 is 2.64 bits per heavy atom. The molecule has 0 radical (unpaired) electrons. The Kier molecular flexibility index (Phi) is 4.89. The number of hydrogen-bond donors (Lipinski definition) is 1. The Morgan fingerprint density at radius 2 is 1.96 bits per heavy atom. The van der Waals surface area contributed by atoms with Crippen LogP contribution in [0.2, 0.25) is 0 Å². The smallest absolute Gasteiger partial charge is 0.174 e. The van der Waals surface area contributed by atoms with E-state index in [0.717, 1.165) is 17.1 Å². The first-order valence-corrected chi connectivity index (χ1v) is 9.81. The van der Waals surface area contributed by atoms with Crippen molar-refractivity contribution in [3.05, 3.63) is 83.7 Å². The van der Waals surface area contributed by atoms with Crippen LogP contribution in [0.4, 0.5) is 10.1 Å². The van der Waals surface area contributed by atoms with E-state index < -0.39 is 0 Å². The molecule has 1 aliphatic heterocycles. The average Bonchev–Trinajstić information content (AvgIpc) is 3.29. The van der Waals surface area contributed by atoms with Crippen LogP contribution >= 0.6 is 12.2 Å². The molecule has 1 N–H and O–H groups in total. The van der Waals surface area contributed by atoms with E-state index in [1.165, 1.54) is 6.07 Å². The summed E-state index contributed by atoms with van der Waals surface area (Å²) in [4.78, 5) is 6.65. The second-order valence-corrected chi connectivity index (χ2v) is 7.75. The molecule has 0 amide bonds. The predicted octanol–water partition coefficient (Wildman–Crippen LogP) is 5.09. The number of thiocarbonyl (C=S) groups is 1. The second-order valence-electron chi connectivity index (χ2n) is 7.36. The van der Waals surface area contributed by atoms with Crippen LogP contribution in [0.3, 0.4) is 0 Å². The number of pyridine rings is 1. The van der Waals surface area contributed by atoms with Crippen molar-refractivity contribution in [1.29, 1.82) is 0 Å². The quantitative estimate of drug-likeness (QED) is 0.625. The minimum atomic E-state index is -0.217. The minimum absolute atomic E-state index is 0.0929. The molecule has 4 nitrogen and oxygen atoms in total. The van der Waals surface area contributed by atoms with Gasteiger partial charge < -0.3 is 14.8 Å². The number of halogens is 1. The highest BCUT2D eigenvalue weighted by molar-refractivity contribution is 7.80. The van der Waals surface area contributed by atoms with Crippen LogP contribution in [-0.4, -0.2) is 14.7 Å². The maximum absolute atomic E-state index is 13.9. The largest absolute Gasteiger partial charge is 0.351 e. The maximum atomic E-state index is 13.9. The molecule has 2 aromatic heterocycles. The summed E-state index contributed by atoms with van der Waals surface area (Å²) in [5.74, 6) is -0.217. The lowest BCUT2D eigenvalue weighted by atomic mass is 10.0. The Balaban J connectivity index is 1.87. The van der Waals surface area contributed by atoms with Gasteiger partial charge >= 0.3 is 0 Å². The summed E-state index contributed by atoms with van der Waals surface area (Å²) in [6.45, 7) is 6.09. The zero-order valence-corrected chi connectivity index (χ0v) is 16.9. The lowest BCUT2D eigenvalue weighted by molar-refractivity contribution is 0.497. The van der Waals surface area contributed by atoms with E-state index in [2.05, 4.69) is 51.9 Å². The van der Waals surface area contributed by atoms with E-state index in [1.54, 1.807) is 19.2 Å². The van der Waals surface area contributed by atoms with Gasteiger partial charge in [-0.05, 0) is 81.0 Å².